The van der Waals surface area contributed by atoms with Gasteiger partial charge in [-0.25, -0.2) is 0 Å². The second-order valence-corrected chi connectivity index (χ2v) is 20.8. The Hall–Kier alpha value is -1.14. The number of aliphatic hydroxyl groups excluding tert-OH is 2. The van der Waals surface area contributed by atoms with Crippen LogP contribution >= 0.6 is 0 Å². The SMILES string of the molecule is CCCCCCCCCCCCCCCCCCCCCC(=O)OC(CCCCCCCCCCCCCC)CC(=O)NC(CO)C(O)CCCCCCCCCCCCCCCCC. The molecule has 3 unspecified atom stereocenters. The van der Waals surface area contributed by atoms with E-state index in [2.05, 4.69) is 26.1 Å². The van der Waals surface area contributed by atoms with Crippen LogP contribution in [0.4, 0.5) is 0 Å². The smallest absolute Gasteiger partial charge is 0.306 e. The number of carbonyl (C=O) groups excluding carboxylic acids is 2. The third kappa shape index (κ3) is 49.1. The van der Waals surface area contributed by atoms with Gasteiger partial charge in [-0.1, -0.05) is 303 Å². The minimum absolute atomic E-state index is 0.0884. The number of ether oxygens (including phenoxy) is 1. The fourth-order valence-corrected chi connectivity index (χ4v) is 9.67. The van der Waals surface area contributed by atoms with Gasteiger partial charge in [0, 0.05) is 6.42 Å². The highest BCUT2D eigenvalue weighted by atomic mass is 16.5. The van der Waals surface area contributed by atoms with Crippen molar-refractivity contribution in [3.8, 4) is 0 Å². The van der Waals surface area contributed by atoms with E-state index in [1.807, 2.05) is 0 Å². The monoisotopic (exact) mass is 920 g/mol. The van der Waals surface area contributed by atoms with E-state index in [9.17, 15) is 19.8 Å². The van der Waals surface area contributed by atoms with Gasteiger partial charge in [0.1, 0.15) is 6.10 Å². The molecule has 65 heavy (non-hydrogen) atoms. The average molecular weight is 921 g/mol. The lowest BCUT2D eigenvalue weighted by Crippen LogP contribution is -2.46. The number of rotatable bonds is 55. The lowest BCUT2D eigenvalue weighted by molar-refractivity contribution is -0.151. The van der Waals surface area contributed by atoms with Crippen molar-refractivity contribution in [3.63, 3.8) is 0 Å². The van der Waals surface area contributed by atoms with Crippen LogP contribution in [0, 0.1) is 0 Å². The van der Waals surface area contributed by atoms with E-state index in [0.717, 1.165) is 38.5 Å². The lowest BCUT2D eigenvalue weighted by Gasteiger charge is -2.24. The highest BCUT2D eigenvalue weighted by Gasteiger charge is 2.24. The van der Waals surface area contributed by atoms with Gasteiger partial charge in [0.15, 0.2) is 0 Å². The van der Waals surface area contributed by atoms with Gasteiger partial charge in [-0.2, -0.15) is 0 Å². The van der Waals surface area contributed by atoms with Crippen LogP contribution < -0.4 is 5.32 Å². The van der Waals surface area contributed by atoms with E-state index >= 15 is 0 Å². The summed E-state index contributed by atoms with van der Waals surface area (Å²) in [5.41, 5.74) is 0. The molecule has 0 aliphatic rings. The molecule has 0 aliphatic carbocycles. The molecule has 3 N–H and O–H groups in total. The fraction of sp³-hybridized carbons (Fsp3) is 0.966. The number of hydrogen-bond acceptors (Lipinski definition) is 5. The van der Waals surface area contributed by atoms with Gasteiger partial charge in [0.25, 0.3) is 0 Å². The molecule has 0 rings (SSSR count). The van der Waals surface area contributed by atoms with Gasteiger partial charge in [0.2, 0.25) is 5.91 Å². The summed E-state index contributed by atoms with van der Waals surface area (Å²) in [7, 11) is 0. The predicted molar refractivity (Wildman–Crippen MR) is 283 cm³/mol. The van der Waals surface area contributed by atoms with Crippen LogP contribution in [0.5, 0.6) is 0 Å². The van der Waals surface area contributed by atoms with Gasteiger partial charge in [-0.15, -0.1) is 0 Å². The van der Waals surface area contributed by atoms with Crippen molar-refractivity contribution in [2.45, 2.75) is 360 Å². The number of unbranched alkanes of at least 4 members (excludes halogenated alkanes) is 43. The van der Waals surface area contributed by atoms with Crippen LogP contribution in [0.3, 0.4) is 0 Å². The molecule has 0 spiro atoms. The standard InChI is InChI=1S/C59H117NO5/c1-4-7-10-13-16-19-22-25-27-28-29-30-32-34-37-40-43-46-49-52-59(64)65-55(50-47-44-41-38-35-24-21-18-15-12-9-6-3)53-58(63)60-56(54-61)57(62)51-48-45-42-39-36-33-31-26-23-20-17-14-11-8-5-2/h55-57,61-62H,4-54H2,1-3H3,(H,60,63). The van der Waals surface area contributed by atoms with Crippen molar-refractivity contribution in [2.75, 3.05) is 6.61 Å². The zero-order valence-corrected chi connectivity index (χ0v) is 44.4. The van der Waals surface area contributed by atoms with Crippen molar-refractivity contribution in [2.24, 2.45) is 0 Å². The average Bonchev–Trinajstić information content (AvgIpc) is 3.30. The van der Waals surface area contributed by atoms with Gasteiger partial charge in [-0.3, -0.25) is 9.59 Å². The zero-order valence-electron chi connectivity index (χ0n) is 44.4. The number of nitrogens with one attached hydrogen (secondary N) is 1. The molecule has 0 aromatic rings. The maximum absolute atomic E-state index is 13.3. The van der Waals surface area contributed by atoms with E-state index < -0.39 is 18.2 Å². The predicted octanol–water partition coefficient (Wildman–Crippen LogP) is 18.3. The van der Waals surface area contributed by atoms with Crippen molar-refractivity contribution < 1.29 is 24.5 Å². The van der Waals surface area contributed by atoms with E-state index in [0.29, 0.717) is 19.3 Å². The third-order valence-electron chi connectivity index (χ3n) is 14.2. The summed E-state index contributed by atoms with van der Waals surface area (Å²) < 4.78 is 5.97. The molecule has 6 heteroatoms. The van der Waals surface area contributed by atoms with Crippen molar-refractivity contribution >= 4 is 11.9 Å². The number of carbonyl (C=O) groups is 2. The molecule has 0 radical (unpaired) electrons. The normalized spacial score (nSPS) is 13.0. The fourth-order valence-electron chi connectivity index (χ4n) is 9.67. The first-order valence-corrected chi connectivity index (χ1v) is 29.8. The Bertz CT molecular complexity index is 944. The summed E-state index contributed by atoms with van der Waals surface area (Å²) in [5.74, 6) is -0.444. The van der Waals surface area contributed by atoms with Crippen LogP contribution in [-0.2, 0) is 14.3 Å². The maximum Gasteiger partial charge on any atom is 0.306 e. The number of aliphatic hydroxyl groups is 2. The van der Waals surface area contributed by atoms with Crippen LogP contribution in [0.1, 0.15) is 342 Å². The first-order valence-electron chi connectivity index (χ1n) is 29.8. The molecular formula is C59H117NO5. The van der Waals surface area contributed by atoms with Gasteiger partial charge >= 0.3 is 5.97 Å². The van der Waals surface area contributed by atoms with E-state index in [4.69, 9.17) is 4.74 Å². The molecule has 0 bridgehead atoms. The van der Waals surface area contributed by atoms with E-state index in [-0.39, 0.29) is 24.9 Å². The molecule has 388 valence electrons. The van der Waals surface area contributed by atoms with Gasteiger partial charge in [0.05, 0.1) is 25.2 Å². The van der Waals surface area contributed by atoms with Crippen molar-refractivity contribution in [3.05, 3.63) is 0 Å². The Kier molecular flexibility index (Phi) is 52.9. The first kappa shape index (κ1) is 63.9. The summed E-state index contributed by atoms with van der Waals surface area (Å²) in [6.07, 6.45) is 60.3. The maximum atomic E-state index is 13.3. The number of amides is 1. The zero-order chi connectivity index (χ0) is 47.4. The highest BCUT2D eigenvalue weighted by Crippen LogP contribution is 2.19. The molecule has 0 saturated carbocycles. The second-order valence-electron chi connectivity index (χ2n) is 20.8. The summed E-state index contributed by atoms with van der Waals surface area (Å²) >= 11 is 0. The van der Waals surface area contributed by atoms with Crippen LogP contribution in [0.15, 0.2) is 0 Å². The van der Waals surface area contributed by atoms with Crippen LogP contribution in [0.25, 0.3) is 0 Å². The molecule has 0 saturated heterocycles. The topological polar surface area (TPSA) is 95.9 Å². The van der Waals surface area contributed by atoms with Crippen LogP contribution in [-0.4, -0.2) is 46.9 Å². The van der Waals surface area contributed by atoms with E-state index in [1.165, 1.54) is 257 Å². The molecule has 0 heterocycles. The minimum Gasteiger partial charge on any atom is -0.462 e. The van der Waals surface area contributed by atoms with Gasteiger partial charge < -0.3 is 20.3 Å². The lowest BCUT2D eigenvalue weighted by atomic mass is 10.0. The Morgan fingerprint density at radius 2 is 0.646 bits per heavy atom. The molecular weight excluding hydrogens is 803 g/mol. The number of hydrogen-bond donors (Lipinski definition) is 3. The molecule has 1 amide bonds. The largest absolute Gasteiger partial charge is 0.462 e. The van der Waals surface area contributed by atoms with Crippen LogP contribution in [0.2, 0.25) is 0 Å². The summed E-state index contributed by atoms with van der Waals surface area (Å²) in [4.78, 5) is 26.3. The molecule has 0 aromatic carbocycles. The molecule has 6 nitrogen and oxygen atoms in total. The van der Waals surface area contributed by atoms with E-state index in [1.54, 1.807) is 0 Å². The number of esters is 1. The summed E-state index contributed by atoms with van der Waals surface area (Å²) in [6.45, 7) is 6.54. The second kappa shape index (κ2) is 53.8. The molecule has 0 aromatic heterocycles. The Morgan fingerprint density at radius 3 is 0.938 bits per heavy atom. The Labute approximate surface area is 406 Å². The summed E-state index contributed by atoms with van der Waals surface area (Å²) in [5, 5.41) is 23.9. The van der Waals surface area contributed by atoms with Crippen molar-refractivity contribution in [1.29, 1.82) is 0 Å². The Morgan fingerprint density at radius 1 is 0.385 bits per heavy atom. The summed E-state index contributed by atoms with van der Waals surface area (Å²) in [6, 6.07) is -0.693. The first-order chi connectivity index (χ1) is 32.0. The third-order valence-corrected chi connectivity index (χ3v) is 14.2. The Balaban J connectivity index is 4.40. The highest BCUT2D eigenvalue weighted by molar-refractivity contribution is 5.77. The van der Waals surface area contributed by atoms with Gasteiger partial charge in [-0.05, 0) is 25.7 Å². The molecule has 0 aliphatic heterocycles. The molecule has 3 atom stereocenters. The molecule has 0 fully saturated rings. The van der Waals surface area contributed by atoms with Crippen molar-refractivity contribution in [1.82, 2.24) is 5.32 Å². The quantitative estimate of drug-likeness (QED) is 0.0417. The minimum atomic E-state index is -0.780.